The number of aromatic nitrogens is 2. The second-order valence-corrected chi connectivity index (χ2v) is 4.77. The zero-order chi connectivity index (χ0) is 13.7. The van der Waals surface area contributed by atoms with Crippen molar-refractivity contribution in [3.63, 3.8) is 0 Å². The summed E-state index contributed by atoms with van der Waals surface area (Å²) in [4.78, 5) is 12.7. The Bertz CT molecular complexity index is 1010. The largest absolute Gasteiger partial charge is 0.438 e. The topological polar surface area (TPSA) is 48.0 Å². The molecule has 2 aromatic carbocycles. The lowest BCUT2D eigenvalue weighted by atomic mass is 10.1. The number of aryl methyl sites for hydroxylation is 1. The second-order valence-electron chi connectivity index (χ2n) is 4.77. The van der Waals surface area contributed by atoms with E-state index in [1.165, 1.54) is 0 Å². The number of hydrogen-bond donors (Lipinski definition) is 0. The van der Waals surface area contributed by atoms with Gasteiger partial charge in [-0.2, -0.15) is 5.10 Å². The van der Waals surface area contributed by atoms with Crippen LogP contribution in [0.1, 0.15) is 6.92 Å². The normalized spacial score (nSPS) is 11.7. The minimum atomic E-state index is -0.0160. The lowest BCUT2D eigenvalue weighted by Crippen LogP contribution is -2.03. The monoisotopic (exact) mass is 264 g/mol. The summed E-state index contributed by atoms with van der Waals surface area (Å²) < 4.78 is 7.60. The van der Waals surface area contributed by atoms with E-state index in [0.29, 0.717) is 28.6 Å². The zero-order valence-corrected chi connectivity index (χ0v) is 11.0. The summed E-state index contributed by atoms with van der Waals surface area (Å²) >= 11 is 0. The van der Waals surface area contributed by atoms with Gasteiger partial charge < -0.3 is 4.42 Å². The number of fused-ring (bicyclic) bond motifs is 4. The molecule has 0 saturated carbocycles. The highest BCUT2D eigenvalue weighted by atomic mass is 16.3. The van der Waals surface area contributed by atoms with Gasteiger partial charge in [0.1, 0.15) is 11.0 Å². The van der Waals surface area contributed by atoms with Gasteiger partial charge in [0, 0.05) is 6.54 Å². The molecule has 4 nitrogen and oxygen atoms in total. The molecule has 4 heteroatoms. The highest BCUT2D eigenvalue weighted by Crippen LogP contribution is 2.25. The molecular formula is C16H12N2O2. The summed E-state index contributed by atoms with van der Waals surface area (Å²) in [5.74, 6) is 0. The molecule has 4 rings (SSSR count). The number of rotatable bonds is 1. The Balaban J connectivity index is 2.30. The molecule has 20 heavy (non-hydrogen) atoms. The van der Waals surface area contributed by atoms with Gasteiger partial charge in [-0.25, -0.2) is 4.68 Å². The van der Waals surface area contributed by atoms with Crippen LogP contribution in [0, 0.1) is 0 Å². The highest BCUT2D eigenvalue weighted by molar-refractivity contribution is 6.07. The van der Waals surface area contributed by atoms with Gasteiger partial charge >= 0.3 is 0 Å². The quantitative estimate of drug-likeness (QED) is 0.495. The molecule has 2 aromatic heterocycles. The van der Waals surface area contributed by atoms with Gasteiger partial charge in [0.05, 0.1) is 11.6 Å². The van der Waals surface area contributed by atoms with E-state index in [0.717, 1.165) is 10.8 Å². The van der Waals surface area contributed by atoms with E-state index in [1.54, 1.807) is 10.9 Å². The minimum absolute atomic E-state index is 0.0160. The van der Waals surface area contributed by atoms with Crippen LogP contribution in [0.2, 0.25) is 0 Å². The molecule has 0 aliphatic heterocycles. The van der Waals surface area contributed by atoms with Gasteiger partial charge in [0.25, 0.3) is 0 Å². The third-order valence-electron chi connectivity index (χ3n) is 3.66. The summed E-state index contributed by atoms with van der Waals surface area (Å²) in [5.41, 5.74) is 1.13. The Labute approximate surface area is 114 Å². The maximum atomic E-state index is 12.7. The first-order valence-corrected chi connectivity index (χ1v) is 6.59. The fourth-order valence-electron chi connectivity index (χ4n) is 2.67. The van der Waals surface area contributed by atoms with Crippen LogP contribution < -0.4 is 5.43 Å². The van der Waals surface area contributed by atoms with Crippen molar-refractivity contribution in [3.8, 4) is 0 Å². The van der Waals surface area contributed by atoms with Crippen LogP contribution in [0.15, 0.2) is 51.8 Å². The maximum absolute atomic E-state index is 12.7. The molecule has 2 heterocycles. The molecule has 0 aliphatic carbocycles. The second kappa shape index (κ2) is 3.93. The summed E-state index contributed by atoms with van der Waals surface area (Å²) in [6.45, 7) is 2.64. The van der Waals surface area contributed by atoms with Crippen molar-refractivity contribution in [2.24, 2.45) is 0 Å². The van der Waals surface area contributed by atoms with Crippen molar-refractivity contribution in [2.75, 3.05) is 0 Å². The van der Waals surface area contributed by atoms with Crippen LogP contribution in [0.4, 0.5) is 0 Å². The fraction of sp³-hybridized carbons (Fsp3) is 0.125. The van der Waals surface area contributed by atoms with E-state index in [1.807, 2.05) is 43.3 Å². The lowest BCUT2D eigenvalue weighted by molar-refractivity contribution is 0.570. The van der Waals surface area contributed by atoms with E-state index < -0.39 is 0 Å². The molecule has 98 valence electrons. The van der Waals surface area contributed by atoms with Crippen LogP contribution in [0.5, 0.6) is 0 Å². The molecule has 0 radical (unpaired) electrons. The molecule has 0 saturated heterocycles. The fourth-order valence-corrected chi connectivity index (χ4v) is 2.67. The molecule has 0 atom stereocenters. The zero-order valence-electron chi connectivity index (χ0n) is 11.0. The van der Waals surface area contributed by atoms with Crippen molar-refractivity contribution >= 4 is 32.8 Å². The molecular weight excluding hydrogens is 252 g/mol. The highest BCUT2D eigenvalue weighted by Gasteiger charge is 2.13. The molecule has 0 spiro atoms. The predicted molar refractivity (Wildman–Crippen MR) is 79.0 cm³/mol. The minimum Gasteiger partial charge on any atom is -0.438 e. The van der Waals surface area contributed by atoms with Gasteiger partial charge in [0.15, 0.2) is 0 Å². The van der Waals surface area contributed by atoms with Crippen molar-refractivity contribution in [1.82, 2.24) is 9.78 Å². The SMILES string of the molecule is CCn1ncc2c(=O)c3c(ccc4ccccc43)oc21. The molecule has 0 fully saturated rings. The molecule has 0 amide bonds. The van der Waals surface area contributed by atoms with E-state index in [4.69, 9.17) is 4.42 Å². The molecule has 0 N–H and O–H groups in total. The first-order valence-electron chi connectivity index (χ1n) is 6.59. The number of nitrogens with zero attached hydrogens (tertiary/aromatic N) is 2. The summed E-state index contributed by atoms with van der Waals surface area (Å²) in [6.07, 6.45) is 1.59. The Morgan fingerprint density at radius 2 is 2.00 bits per heavy atom. The Morgan fingerprint density at radius 3 is 2.85 bits per heavy atom. The molecule has 0 bridgehead atoms. The van der Waals surface area contributed by atoms with Crippen molar-refractivity contribution in [1.29, 1.82) is 0 Å². The third-order valence-corrected chi connectivity index (χ3v) is 3.66. The average Bonchev–Trinajstić information content (AvgIpc) is 2.90. The summed E-state index contributed by atoms with van der Waals surface area (Å²) in [6, 6.07) is 11.7. The standard InChI is InChI=1S/C16H12N2O2/c1-2-18-16-12(9-17-18)15(19)14-11-6-4-3-5-10(11)7-8-13(14)20-16/h3-9H,2H2,1H3. The van der Waals surface area contributed by atoms with Gasteiger partial charge in [-0.15, -0.1) is 0 Å². The van der Waals surface area contributed by atoms with E-state index in [-0.39, 0.29) is 5.43 Å². The van der Waals surface area contributed by atoms with Crippen molar-refractivity contribution < 1.29 is 4.42 Å². The van der Waals surface area contributed by atoms with E-state index in [2.05, 4.69) is 5.10 Å². The maximum Gasteiger partial charge on any atom is 0.229 e. The van der Waals surface area contributed by atoms with Gasteiger partial charge in [-0.1, -0.05) is 30.3 Å². The van der Waals surface area contributed by atoms with Crippen LogP contribution in [0.3, 0.4) is 0 Å². The first-order chi connectivity index (χ1) is 9.79. The number of hydrogen-bond acceptors (Lipinski definition) is 3. The molecule has 0 aliphatic rings. The smallest absolute Gasteiger partial charge is 0.229 e. The van der Waals surface area contributed by atoms with Crippen molar-refractivity contribution in [3.05, 3.63) is 52.8 Å². The van der Waals surface area contributed by atoms with Crippen LogP contribution in [-0.2, 0) is 6.54 Å². The lowest BCUT2D eigenvalue weighted by Gasteiger charge is -2.04. The number of benzene rings is 2. The summed E-state index contributed by atoms with van der Waals surface area (Å²) in [5, 5.41) is 7.33. The van der Waals surface area contributed by atoms with E-state index in [9.17, 15) is 4.79 Å². The predicted octanol–water partition coefficient (Wildman–Crippen LogP) is 3.32. The third kappa shape index (κ3) is 1.36. The van der Waals surface area contributed by atoms with Gasteiger partial charge in [-0.3, -0.25) is 4.79 Å². The Morgan fingerprint density at radius 1 is 1.15 bits per heavy atom. The average molecular weight is 264 g/mol. The molecule has 0 unspecified atom stereocenters. The van der Waals surface area contributed by atoms with Crippen molar-refractivity contribution in [2.45, 2.75) is 13.5 Å². The summed E-state index contributed by atoms with van der Waals surface area (Å²) in [7, 11) is 0. The Kier molecular flexibility index (Phi) is 2.21. The van der Waals surface area contributed by atoms with Crippen LogP contribution in [0.25, 0.3) is 32.8 Å². The van der Waals surface area contributed by atoms with E-state index >= 15 is 0 Å². The van der Waals surface area contributed by atoms with Gasteiger partial charge in [-0.05, 0) is 23.8 Å². The van der Waals surface area contributed by atoms with Crippen LogP contribution >= 0.6 is 0 Å². The van der Waals surface area contributed by atoms with Crippen LogP contribution in [-0.4, -0.2) is 9.78 Å². The van der Waals surface area contributed by atoms with Gasteiger partial charge in [0.2, 0.25) is 11.1 Å². The Hall–Kier alpha value is -2.62. The molecule has 4 aromatic rings. The first kappa shape index (κ1) is 11.2.